The molecule has 3 heteroatoms. The minimum Gasteiger partial charge on any atom is -0.495 e. The molecule has 0 saturated heterocycles. The van der Waals surface area contributed by atoms with Crippen LogP contribution in [-0.4, -0.2) is 20.5 Å². The number of hydrogen-bond donors (Lipinski definition) is 0. The fourth-order valence-corrected chi connectivity index (χ4v) is 2.32. The van der Waals surface area contributed by atoms with Crippen molar-refractivity contribution in [3.8, 4) is 0 Å². The van der Waals surface area contributed by atoms with E-state index in [2.05, 4.69) is 26.6 Å². The van der Waals surface area contributed by atoms with Gasteiger partial charge in [-0.2, -0.15) is 0 Å². The molecule has 0 aromatic carbocycles. The second-order valence-corrected chi connectivity index (χ2v) is 8.57. The van der Waals surface area contributed by atoms with Gasteiger partial charge in [0.15, 0.2) is 8.32 Å². The Hall–Kier alpha value is -0.283. The Kier molecular flexibility index (Phi) is 2.96. The first kappa shape index (κ1) is 9.80. The number of rotatable bonds is 3. The Morgan fingerprint density at radius 1 is 1.42 bits per heavy atom. The average molecular weight is 186 g/mol. The van der Waals surface area contributed by atoms with E-state index in [1.807, 2.05) is 6.08 Å². The van der Waals surface area contributed by atoms with Gasteiger partial charge < -0.3 is 9.16 Å². The molecule has 0 aromatic heterocycles. The normalized spacial score (nSPS) is 29.0. The Labute approximate surface area is 75.7 Å². The molecular formula is C9H18O2Si. The molecular weight excluding hydrogens is 168 g/mol. The largest absolute Gasteiger partial charge is 0.495 e. The highest BCUT2D eigenvalue weighted by Gasteiger charge is 2.28. The molecule has 0 aliphatic carbocycles. The molecule has 1 aliphatic heterocycles. The third-order valence-electron chi connectivity index (χ3n) is 1.78. The fourth-order valence-electron chi connectivity index (χ4n) is 1.28. The van der Waals surface area contributed by atoms with Crippen LogP contribution < -0.4 is 0 Å². The molecule has 1 heterocycles. The van der Waals surface area contributed by atoms with Crippen LogP contribution in [0.15, 0.2) is 12.3 Å². The van der Waals surface area contributed by atoms with Gasteiger partial charge in [0.1, 0.15) is 12.2 Å². The van der Waals surface area contributed by atoms with Crippen LogP contribution in [-0.2, 0) is 9.16 Å². The van der Waals surface area contributed by atoms with E-state index in [4.69, 9.17) is 9.16 Å². The predicted octanol–water partition coefficient (Wildman–Crippen LogP) is 2.53. The monoisotopic (exact) mass is 186 g/mol. The lowest BCUT2D eigenvalue weighted by atomic mass is 10.2. The zero-order valence-corrected chi connectivity index (χ0v) is 9.33. The lowest BCUT2D eigenvalue weighted by Crippen LogP contribution is -2.36. The Bertz CT molecular complexity index is 172. The lowest BCUT2D eigenvalue weighted by Gasteiger charge is -2.25. The minimum atomic E-state index is -1.41. The first-order valence-corrected chi connectivity index (χ1v) is 7.93. The van der Waals surface area contributed by atoms with Crippen LogP contribution in [0.3, 0.4) is 0 Å². The van der Waals surface area contributed by atoms with Crippen molar-refractivity contribution in [2.75, 3.05) is 0 Å². The standard InChI is InChI=1S/C9H18O2Si/c1-5-8-9(6-7-10-8)11-12(2,3)4/h6-9H,5H2,1-4H3/t8-,9?/m1/s1. The summed E-state index contributed by atoms with van der Waals surface area (Å²) in [7, 11) is -1.41. The number of hydrogen-bond acceptors (Lipinski definition) is 2. The topological polar surface area (TPSA) is 18.5 Å². The van der Waals surface area contributed by atoms with Crippen LogP contribution in [0, 0.1) is 0 Å². The molecule has 0 fully saturated rings. The summed E-state index contributed by atoms with van der Waals surface area (Å²) in [6.07, 6.45) is 5.24. The van der Waals surface area contributed by atoms with E-state index in [1.54, 1.807) is 6.26 Å². The van der Waals surface area contributed by atoms with E-state index in [9.17, 15) is 0 Å². The molecule has 0 spiro atoms. The summed E-state index contributed by atoms with van der Waals surface area (Å²) in [4.78, 5) is 0. The summed E-state index contributed by atoms with van der Waals surface area (Å²) in [6.45, 7) is 8.72. The molecule has 12 heavy (non-hydrogen) atoms. The van der Waals surface area contributed by atoms with Crippen molar-refractivity contribution in [1.82, 2.24) is 0 Å². The molecule has 0 radical (unpaired) electrons. The summed E-state index contributed by atoms with van der Waals surface area (Å²) < 4.78 is 11.3. The molecule has 1 unspecified atom stereocenters. The van der Waals surface area contributed by atoms with Crippen LogP contribution in [0.2, 0.25) is 19.6 Å². The Morgan fingerprint density at radius 3 is 2.58 bits per heavy atom. The van der Waals surface area contributed by atoms with E-state index < -0.39 is 8.32 Å². The molecule has 2 atom stereocenters. The molecule has 0 N–H and O–H groups in total. The van der Waals surface area contributed by atoms with Crippen LogP contribution in [0.5, 0.6) is 0 Å². The zero-order chi connectivity index (χ0) is 9.19. The van der Waals surface area contributed by atoms with Crippen LogP contribution in [0.25, 0.3) is 0 Å². The second kappa shape index (κ2) is 3.62. The highest BCUT2D eigenvalue weighted by atomic mass is 28.4. The van der Waals surface area contributed by atoms with Gasteiger partial charge in [-0.05, 0) is 32.1 Å². The molecule has 0 bridgehead atoms. The fraction of sp³-hybridized carbons (Fsp3) is 0.778. The van der Waals surface area contributed by atoms with Gasteiger partial charge in [-0.25, -0.2) is 0 Å². The van der Waals surface area contributed by atoms with Crippen LogP contribution >= 0.6 is 0 Å². The lowest BCUT2D eigenvalue weighted by molar-refractivity contribution is 0.0708. The highest BCUT2D eigenvalue weighted by Crippen LogP contribution is 2.20. The van der Waals surface area contributed by atoms with E-state index in [0.29, 0.717) is 0 Å². The maximum absolute atomic E-state index is 5.93. The summed E-state index contributed by atoms with van der Waals surface area (Å²) in [5.41, 5.74) is 0. The van der Waals surface area contributed by atoms with Gasteiger partial charge in [0.2, 0.25) is 0 Å². The van der Waals surface area contributed by atoms with Crippen LogP contribution in [0.4, 0.5) is 0 Å². The van der Waals surface area contributed by atoms with E-state index in [-0.39, 0.29) is 12.2 Å². The van der Waals surface area contributed by atoms with Gasteiger partial charge in [-0.15, -0.1) is 0 Å². The van der Waals surface area contributed by atoms with Crippen molar-refractivity contribution in [2.24, 2.45) is 0 Å². The predicted molar refractivity (Wildman–Crippen MR) is 52.5 cm³/mol. The molecule has 0 aromatic rings. The third kappa shape index (κ3) is 2.64. The summed E-state index contributed by atoms with van der Waals surface area (Å²) in [5.74, 6) is 0. The first-order chi connectivity index (χ1) is 5.53. The van der Waals surface area contributed by atoms with Crippen molar-refractivity contribution in [1.29, 1.82) is 0 Å². The zero-order valence-electron chi connectivity index (χ0n) is 8.33. The smallest absolute Gasteiger partial charge is 0.184 e. The van der Waals surface area contributed by atoms with Crippen molar-refractivity contribution in [3.05, 3.63) is 12.3 Å². The van der Waals surface area contributed by atoms with Gasteiger partial charge in [-0.3, -0.25) is 0 Å². The van der Waals surface area contributed by atoms with Gasteiger partial charge >= 0.3 is 0 Å². The van der Waals surface area contributed by atoms with Gasteiger partial charge in [0, 0.05) is 0 Å². The highest BCUT2D eigenvalue weighted by molar-refractivity contribution is 6.69. The minimum absolute atomic E-state index is 0.196. The molecule has 0 saturated carbocycles. The van der Waals surface area contributed by atoms with Crippen molar-refractivity contribution < 1.29 is 9.16 Å². The van der Waals surface area contributed by atoms with E-state index in [1.165, 1.54) is 0 Å². The van der Waals surface area contributed by atoms with E-state index in [0.717, 1.165) is 6.42 Å². The summed E-state index contributed by atoms with van der Waals surface area (Å²) in [5, 5.41) is 0. The molecule has 1 aliphatic rings. The maximum atomic E-state index is 5.93. The quantitative estimate of drug-likeness (QED) is 0.631. The van der Waals surface area contributed by atoms with Gasteiger partial charge in [0.05, 0.1) is 6.26 Å². The average Bonchev–Trinajstić information content (AvgIpc) is 2.31. The summed E-state index contributed by atoms with van der Waals surface area (Å²) in [6, 6.07) is 0. The van der Waals surface area contributed by atoms with Crippen molar-refractivity contribution in [3.63, 3.8) is 0 Å². The van der Waals surface area contributed by atoms with Crippen molar-refractivity contribution >= 4 is 8.32 Å². The van der Waals surface area contributed by atoms with Gasteiger partial charge in [0.25, 0.3) is 0 Å². The second-order valence-electron chi connectivity index (χ2n) is 4.11. The molecule has 0 amide bonds. The molecule has 70 valence electrons. The summed E-state index contributed by atoms with van der Waals surface area (Å²) >= 11 is 0. The SMILES string of the molecule is CC[C@H]1OC=CC1O[Si](C)(C)C. The molecule has 1 rings (SSSR count). The van der Waals surface area contributed by atoms with E-state index >= 15 is 0 Å². The third-order valence-corrected chi connectivity index (χ3v) is 2.76. The first-order valence-electron chi connectivity index (χ1n) is 4.53. The Morgan fingerprint density at radius 2 is 2.08 bits per heavy atom. The van der Waals surface area contributed by atoms with Gasteiger partial charge in [-0.1, -0.05) is 6.92 Å². The van der Waals surface area contributed by atoms with Crippen LogP contribution in [0.1, 0.15) is 13.3 Å². The maximum Gasteiger partial charge on any atom is 0.184 e. The molecule has 2 nitrogen and oxygen atoms in total. The van der Waals surface area contributed by atoms with Crippen molar-refractivity contribution in [2.45, 2.75) is 45.2 Å². The Balaban J connectivity index is 2.46. The number of ether oxygens (including phenoxy) is 1.